The predicted octanol–water partition coefficient (Wildman–Crippen LogP) is 1.59. The van der Waals surface area contributed by atoms with E-state index >= 15 is 0 Å². The van der Waals surface area contributed by atoms with Crippen LogP contribution in [0.4, 0.5) is 0 Å². The van der Waals surface area contributed by atoms with Gasteiger partial charge in [-0.2, -0.15) is 0 Å². The second kappa shape index (κ2) is 5.92. The minimum atomic E-state index is -0.981. The minimum absolute atomic E-state index is 0.0405. The summed E-state index contributed by atoms with van der Waals surface area (Å²) in [4.78, 5) is 10.4. The number of aliphatic carboxylic acids is 1. The summed E-state index contributed by atoms with van der Waals surface area (Å²) in [6.07, 6.45) is 1.11. The van der Waals surface area contributed by atoms with Crippen LogP contribution in [-0.2, 0) is 11.4 Å². The van der Waals surface area contributed by atoms with Gasteiger partial charge in [0.1, 0.15) is 12.4 Å². The number of carboxylic acid groups (broad SMARTS) is 1. The van der Waals surface area contributed by atoms with Crippen molar-refractivity contribution in [1.82, 2.24) is 0 Å². The van der Waals surface area contributed by atoms with Crippen molar-refractivity contribution in [3.63, 3.8) is 0 Å². The third-order valence-corrected chi connectivity index (χ3v) is 1.92. The van der Waals surface area contributed by atoms with Crippen LogP contribution in [0.25, 0.3) is 0 Å². The molecule has 2 N–H and O–H groups in total. The lowest BCUT2D eigenvalue weighted by Gasteiger charge is -2.06. The number of rotatable bonds is 5. The van der Waals surface area contributed by atoms with Gasteiger partial charge in [-0.05, 0) is 30.2 Å². The summed E-state index contributed by atoms with van der Waals surface area (Å²) < 4.78 is 5.37. The topological polar surface area (TPSA) is 66.8 Å². The van der Waals surface area contributed by atoms with Gasteiger partial charge in [0.25, 0.3) is 0 Å². The van der Waals surface area contributed by atoms with Gasteiger partial charge in [-0.3, -0.25) is 0 Å². The van der Waals surface area contributed by atoms with Gasteiger partial charge in [-0.25, -0.2) is 4.79 Å². The highest BCUT2D eigenvalue weighted by atomic mass is 16.5. The fourth-order valence-corrected chi connectivity index (χ4v) is 1.18. The summed E-state index contributed by atoms with van der Waals surface area (Å²) in [7, 11) is 0. The van der Waals surface area contributed by atoms with Gasteiger partial charge in [-0.15, -0.1) is 0 Å². The molecule has 0 heterocycles. The average Bonchev–Trinajstić information content (AvgIpc) is 2.26. The largest absolute Gasteiger partial charge is 0.489 e. The fraction of sp³-hybridized carbons (Fsp3) is 0.250. The summed E-state index contributed by atoms with van der Waals surface area (Å²) in [6, 6.07) is 7.03. The maximum absolute atomic E-state index is 10.4. The molecule has 0 saturated carbocycles. The Labute approximate surface area is 93.8 Å². The normalized spacial score (nSPS) is 11.2. The summed E-state index contributed by atoms with van der Waals surface area (Å²) in [6.45, 7) is 1.87. The van der Waals surface area contributed by atoms with Crippen LogP contribution in [-0.4, -0.2) is 22.8 Å². The van der Waals surface area contributed by atoms with E-state index in [1.54, 1.807) is 31.2 Å². The van der Waals surface area contributed by atoms with Crippen LogP contribution in [0.15, 0.2) is 35.9 Å². The number of hydrogen-bond acceptors (Lipinski definition) is 3. The van der Waals surface area contributed by atoms with Crippen LogP contribution >= 0.6 is 0 Å². The molecular formula is C12H14O4. The lowest BCUT2D eigenvalue weighted by Crippen LogP contribution is -2.01. The van der Waals surface area contributed by atoms with E-state index in [1.807, 2.05) is 0 Å². The maximum atomic E-state index is 10.4. The first-order chi connectivity index (χ1) is 7.61. The molecule has 0 aromatic heterocycles. The standard InChI is InChI=1S/C12H14O4/c1-9(5-12(14)15)8-16-11-4-2-3-10(6-11)7-13/h2-6,13H,7-8H2,1H3,(H,14,15). The predicted molar refractivity (Wildman–Crippen MR) is 59.3 cm³/mol. The van der Waals surface area contributed by atoms with Crippen LogP contribution in [0.3, 0.4) is 0 Å². The van der Waals surface area contributed by atoms with E-state index in [0.717, 1.165) is 11.6 Å². The SMILES string of the molecule is CC(=CC(=O)O)COc1cccc(CO)c1. The van der Waals surface area contributed by atoms with Crippen molar-refractivity contribution in [1.29, 1.82) is 0 Å². The molecule has 4 heteroatoms. The smallest absolute Gasteiger partial charge is 0.328 e. The number of hydrogen-bond donors (Lipinski definition) is 2. The Kier molecular flexibility index (Phi) is 4.54. The van der Waals surface area contributed by atoms with E-state index in [-0.39, 0.29) is 13.2 Å². The monoisotopic (exact) mass is 222 g/mol. The van der Waals surface area contributed by atoms with Crippen molar-refractivity contribution < 1.29 is 19.7 Å². The van der Waals surface area contributed by atoms with E-state index < -0.39 is 5.97 Å². The fourth-order valence-electron chi connectivity index (χ4n) is 1.18. The van der Waals surface area contributed by atoms with Crippen molar-refractivity contribution in [2.75, 3.05) is 6.61 Å². The third-order valence-electron chi connectivity index (χ3n) is 1.92. The maximum Gasteiger partial charge on any atom is 0.328 e. The van der Waals surface area contributed by atoms with E-state index in [0.29, 0.717) is 11.3 Å². The number of aliphatic hydroxyl groups is 1. The van der Waals surface area contributed by atoms with Crippen LogP contribution in [0, 0.1) is 0 Å². The molecule has 0 aliphatic rings. The van der Waals surface area contributed by atoms with Crippen molar-refractivity contribution in [2.45, 2.75) is 13.5 Å². The van der Waals surface area contributed by atoms with E-state index in [9.17, 15) is 4.79 Å². The first kappa shape index (κ1) is 12.3. The molecule has 86 valence electrons. The molecule has 1 aromatic rings. The van der Waals surface area contributed by atoms with Gasteiger partial charge in [0.15, 0.2) is 0 Å². The highest BCUT2D eigenvalue weighted by Crippen LogP contribution is 2.14. The quantitative estimate of drug-likeness (QED) is 0.742. The van der Waals surface area contributed by atoms with Gasteiger partial charge in [-0.1, -0.05) is 12.1 Å². The van der Waals surface area contributed by atoms with Crippen molar-refractivity contribution in [2.24, 2.45) is 0 Å². The Balaban J connectivity index is 2.57. The van der Waals surface area contributed by atoms with E-state index in [2.05, 4.69) is 0 Å². The lowest BCUT2D eigenvalue weighted by molar-refractivity contribution is -0.131. The van der Waals surface area contributed by atoms with E-state index in [4.69, 9.17) is 14.9 Å². The molecule has 1 rings (SSSR count). The molecule has 0 spiro atoms. The second-order valence-electron chi connectivity index (χ2n) is 3.42. The molecule has 0 bridgehead atoms. The molecule has 16 heavy (non-hydrogen) atoms. The van der Waals surface area contributed by atoms with Crippen LogP contribution in [0.2, 0.25) is 0 Å². The second-order valence-corrected chi connectivity index (χ2v) is 3.42. The minimum Gasteiger partial charge on any atom is -0.489 e. The van der Waals surface area contributed by atoms with Gasteiger partial charge in [0, 0.05) is 6.08 Å². The number of benzene rings is 1. The Bertz CT molecular complexity index is 396. The Morgan fingerprint density at radius 1 is 1.50 bits per heavy atom. The van der Waals surface area contributed by atoms with Crippen LogP contribution in [0.1, 0.15) is 12.5 Å². The zero-order chi connectivity index (χ0) is 12.0. The average molecular weight is 222 g/mol. The number of carboxylic acids is 1. The highest BCUT2D eigenvalue weighted by Gasteiger charge is 1.98. The Morgan fingerprint density at radius 3 is 2.88 bits per heavy atom. The highest BCUT2D eigenvalue weighted by molar-refractivity contribution is 5.80. The first-order valence-electron chi connectivity index (χ1n) is 4.84. The van der Waals surface area contributed by atoms with Gasteiger partial charge in [0.2, 0.25) is 0 Å². The molecule has 0 fully saturated rings. The summed E-state index contributed by atoms with van der Waals surface area (Å²) >= 11 is 0. The lowest BCUT2D eigenvalue weighted by atomic mass is 10.2. The first-order valence-corrected chi connectivity index (χ1v) is 4.84. The summed E-state index contributed by atoms with van der Waals surface area (Å²) in [5.74, 6) is -0.366. The molecule has 0 aliphatic carbocycles. The molecular weight excluding hydrogens is 208 g/mol. The molecule has 0 radical (unpaired) electrons. The molecule has 0 atom stereocenters. The molecule has 0 unspecified atom stereocenters. The van der Waals surface area contributed by atoms with Crippen LogP contribution < -0.4 is 4.74 Å². The Morgan fingerprint density at radius 2 is 2.25 bits per heavy atom. The summed E-state index contributed by atoms with van der Waals surface area (Å²) in [5.41, 5.74) is 1.39. The zero-order valence-electron chi connectivity index (χ0n) is 9.01. The number of carbonyl (C=O) groups is 1. The van der Waals surface area contributed by atoms with Crippen molar-refractivity contribution >= 4 is 5.97 Å². The molecule has 0 aliphatic heterocycles. The number of ether oxygens (including phenoxy) is 1. The third kappa shape index (κ3) is 4.14. The molecule has 0 saturated heterocycles. The summed E-state index contributed by atoms with van der Waals surface area (Å²) in [5, 5.41) is 17.4. The molecule has 4 nitrogen and oxygen atoms in total. The van der Waals surface area contributed by atoms with Crippen molar-refractivity contribution in [3.05, 3.63) is 41.5 Å². The van der Waals surface area contributed by atoms with Gasteiger partial charge < -0.3 is 14.9 Å². The molecule has 1 aromatic carbocycles. The van der Waals surface area contributed by atoms with Gasteiger partial charge in [0.05, 0.1) is 6.61 Å². The van der Waals surface area contributed by atoms with Crippen molar-refractivity contribution in [3.8, 4) is 5.75 Å². The Hall–Kier alpha value is -1.81. The van der Waals surface area contributed by atoms with E-state index in [1.165, 1.54) is 0 Å². The number of aliphatic hydroxyl groups excluding tert-OH is 1. The molecule has 0 amide bonds. The van der Waals surface area contributed by atoms with Crippen LogP contribution in [0.5, 0.6) is 5.75 Å². The van der Waals surface area contributed by atoms with Gasteiger partial charge >= 0.3 is 5.97 Å². The zero-order valence-corrected chi connectivity index (χ0v) is 9.01.